The fourth-order valence-corrected chi connectivity index (χ4v) is 6.09. The van der Waals surface area contributed by atoms with Crippen LogP contribution in [0.2, 0.25) is 0 Å². The summed E-state index contributed by atoms with van der Waals surface area (Å²) in [5.74, 6) is -0.648. The average Bonchev–Trinajstić information content (AvgIpc) is 2.92. The van der Waals surface area contributed by atoms with Gasteiger partial charge in [-0.1, -0.05) is 6.07 Å². The van der Waals surface area contributed by atoms with E-state index < -0.39 is 28.2 Å². The van der Waals surface area contributed by atoms with Crippen LogP contribution in [0.25, 0.3) is 11.3 Å². The molecule has 3 aliphatic rings. The number of hydrogen-bond acceptors (Lipinski definition) is 9. The van der Waals surface area contributed by atoms with Crippen molar-refractivity contribution in [3.8, 4) is 17.0 Å². The van der Waals surface area contributed by atoms with Crippen LogP contribution in [0.5, 0.6) is 5.75 Å². The van der Waals surface area contributed by atoms with E-state index in [1.54, 1.807) is 24.1 Å². The predicted octanol–water partition coefficient (Wildman–Crippen LogP) is 3.37. The lowest BCUT2D eigenvalue weighted by atomic mass is 9.91. The van der Waals surface area contributed by atoms with Gasteiger partial charge in [-0.3, -0.25) is 0 Å². The van der Waals surface area contributed by atoms with Crippen molar-refractivity contribution < 1.29 is 28.6 Å². The molecule has 3 amide bonds. The number of hydrogen-bond donors (Lipinski definition) is 2. The number of nitrogens with zero attached hydrogens (tertiary/aromatic N) is 6. The predicted molar refractivity (Wildman–Crippen MR) is 155 cm³/mol. The van der Waals surface area contributed by atoms with Gasteiger partial charge in [-0.2, -0.15) is 0 Å². The first kappa shape index (κ1) is 29.6. The molecule has 1 unspecified atom stereocenters. The second-order valence-electron chi connectivity index (χ2n) is 12.8. The molecule has 0 aliphatic carbocycles. The maximum absolute atomic E-state index is 14.1. The summed E-state index contributed by atoms with van der Waals surface area (Å²) in [5, 5.41) is 22.2. The van der Waals surface area contributed by atoms with Crippen LogP contribution in [0, 0.1) is 5.82 Å². The van der Waals surface area contributed by atoms with Crippen molar-refractivity contribution in [3.05, 3.63) is 30.1 Å². The third kappa shape index (κ3) is 5.49. The molecule has 2 saturated heterocycles. The normalized spacial score (nSPS) is 21.8. The Morgan fingerprint density at radius 2 is 1.83 bits per heavy atom. The highest BCUT2D eigenvalue weighted by Gasteiger charge is 2.49. The summed E-state index contributed by atoms with van der Waals surface area (Å²) in [6.07, 6.45) is -0.378. The molecule has 12 nitrogen and oxygen atoms in total. The first-order valence-corrected chi connectivity index (χ1v) is 14.2. The van der Waals surface area contributed by atoms with E-state index in [9.17, 15) is 19.1 Å². The Labute approximate surface area is 245 Å². The molecule has 3 aliphatic heterocycles. The number of phenolic OH excluding ortho intramolecular Hbond substituents is 1. The van der Waals surface area contributed by atoms with E-state index in [0.29, 0.717) is 63.9 Å². The lowest BCUT2D eigenvalue weighted by Gasteiger charge is -2.55. The molecule has 0 bridgehead atoms. The second kappa shape index (κ2) is 10.8. The highest BCUT2D eigenvalue weighted by molar-refractivity contribution is 5.80. The monoisotopic (exact) mass is 585 g/mol. The number of halogens is 1. The van der Waals surface area contributed by atoms with Gasteiger partial charge in [0.2, 0.25) is 0 Å². The smallest absolute Gasteiger partial charge is 0.410 e. The first-order valence-electron chi connectivity index (χ1n) is 14.2. The van der Waals surface area contributed by atoms with Crippen molar-refractivity contribution in [1.29, 1.82) is 0 Å². The van der Waals surface area contributed by atoms with E-state index in [0.717, 1.165) is 5.69 Å². The zero-order valence-corrected chi connectivity index (χ0v) is 25.1. The molecule has 2 aromatic rings. The van der Waals surface area contributed by atoms with Gasteiger partial charge in [0.05, 0.1) is 29.1 Å². The summed E-state index contributed by atoms with van der Waals surface area (Å²) >= 11 is 0. The van der Waals surface area contributed by atoms with Crippen molar-refractivity contribution in [3.63, 3.8) is 0 Å². The molecule has 0 spiro atoms. The molecule has 0 radical (unpaired) electrons. The highest BCUT2D eigenvalue weighted by Crippen LogP contribution is 2.41. The number of para-hydroxylation sites is 1. The third-order valence-electron chi connectivity index (χ3n) is 8.03. The van der Waals surface area contributed by atoms with Crippen molar-refractivity contribution in [2.45, 2.75) is 51.3 Å². The molecule has 4 heterocycles. The number of piperazine rings is 2. The number of rotatable bonds is 3. The maximum Gasteiger partial charge on any atom is 0.410 e. The van der Waals surface area contributed by atoms with Gasteiger partial charge >= 0.3 is 12.1 Å². The number of ether oxygens (including phenoxy) is 2. The number of urea groups is 1. The van der Waals surface area contributed by atoms with Crippen LogP contribution in [0.4, 0.5) is 25.5 Å². The number of carbonyl (C=O) groups is 2. The van der Waals surface area contributed by atoms with Crippen LogP contribution >= 0.6 is 0 Å². The lowest BCUT2D eigenvalue weighted by Crippen LogP contribution is -2.72. The number of amides is 3. The number of nitrogens with one attached hydrogen (secondary N) is 1. The Kier molecular flexibility index (Phi) is 7.58. The van der Waals surface area contributed by atoms with Gasteiger partial charge in [0, 0.05) is 58.5 Å². The van der Waals surface area contributed by atoms with E-state index in [1.807, 2.05) is 44.4 Å². The standard InChI is InChI=1S/C29H40FN7O5/c1-27(2,3)42-26(40)35-11-13-37(28(4,5)16-35)25(39)34-10-12-36-22-14-21(19-8-7-9-20(30)23(19)38)32-33-24(22)31-15-29(36,17-34)18-41-6/h7-9,14,38H,10-13,15-18H2,1-6H3,(H,31,33). The molecular formula is C29H40FN7O5. The van der Waals surface area contributed by atoms with Crippen LogP contribution in [0.1, 0.15) is 34.6 Å². The average molecular weight is 586 g/mol. The first-order chi connectivity index (χ1) is 19.7. The molecule has 1 aromatic heterocycles. The fourth-order valence-electron chi connectivity index (χ4n) is 6.09. The van der Waals surface area contributed by atoms with Gasteiger partial charge in [-0.05, 0) is 52.8 Å². The summed E-state index contributed by atoms with van der Waals surface area (Å²) < 4.78 is 25.3. The Bertz CT molecular complexity index is 1370. The second-order valence-corrected chi connectivity index (χ2v) is 12.8. The number of benzene rings is 1. The Hall–Kier alpha value is -3.87. The van der Waals surface area contributed by atoms with Gasteiger partial charge in [0.15, 0.2) is 17.4 Å². The molecule has 0 saturated carbocycles. The Morgan fingerprint density at radius 1 is 1.10 bits per heavy atom. The van der Waals surface area contributed by atoms with Crippen molar-refractivity contribution in [2.24, 2.45) is 0 Å². The quantitative estimate of drug-likeness (QED) is 0.558. The number of methoxy groups -OCH3 is 1. The molecule has 1 atom stereocenters. The summed E-state index contributed by atoms with van der Waals surface area (Å²) in [5.41, 5.74) is -0.487. The molecular weight excluding hydrogens is 545 g/mol. The highest BCUT2D eigenvalue weighted by atomic mass is 19.1. The molecule has 228 valence electrons. The topological polar surface area (TPSA) is 124 Å². The van der Waals surface area contributed by atoms with Crippen molar-refractivity contribution in [2.75, 3.05) is 69.7 Å². The summed E-state index contributed by atoms with van der Waals surface area (Å²) in [6, 6.07) is 5.98. The summed E-state index contributed by atoms with van der Waals surface area (Å²) in [4.78, 5) is 34.2. The lowest BCUT2D eigenvalue weighted by molar-refractivity contribution is -0.0106. The minimum atomic E-state index is -0.735. The number of aromatic nitrogens is 2. The van der Waals surface area contributed by atoms with E-state index in [1.165, 1.54) is 12.1 Å². The summed E-state index contributed by atoms with van der Waals surface area (Å²) in [6.45, 7) is 12.7. The van der Waals surface area contributed by atoms with Crippen LogP contribution in [-0.4, -0.2) is 118 Å². The number of aromatic hydroxyl groups is 1. The van der Waals surface area contributed by atoms with Crippen molar-refractivity contribution >= 4 is 23.6 Å². The third-order valence-corrected chi connectivity index (χ3v) is 8.03. The number of phenols is 1. The minimum absolute atomic E-state index is 0.0945. The van der Waals surface area contributed by atoms with Gasteiger partial charge in [-0.25, -0.2) is 14.0 Å². The van der Waals surface area contributed by atoms with E-state index in [2.05, 4.69) is 20.4 Å². The van der Waals surface area contributed by atoms with Crippen LogP contribution in [0.3, 0.4) is 0 Å². The molecule has 5 rings (SSSR count). The molecule has 2 fully saturated rings. The zero-order chi connectivity index (χ0) is 30.4. The molecule has 13 heteroatoms. The zero-order valence-electron chi connectivity index (χ0n) is 25.1. The number of anilines is 2. The van der Waals surface area contributed by atoms with Gasteiger partial charge in [0.1, 0.15) is 5.60 Å². The number of fused-ring (bicyclic) bond motifs is 3. The summed E-state index contributed by atoms with van der Waals surface area (Å²) in [7, 11) is 1.63. The SMILES string of the molecule is COCC12CNc3nnc(-c4cccc(F)c4O)cc3N1CCN(C(=O)N1CCN(C(=O)OC(C)(C)C)CC1(C)C)C2. The largest absolute Gasteiger partial charge is 0.504 e. The number of carbonyl (C=O) groups excluding carboxylic acids is 2. The fraction of sp³-hybridized carbons (Fsp3) is 0.586. The van der Waals surface area contributed by atoms with Gasteiger partial charge in [0.25, 0.3) is 0 Å². The molecule has 2 N–H and O–H groups in total. The minimum Gasteiger partial charge on any atom is -0.504 e. The van der Waals surface area contributed by atoms with E-state index >= 15 is 0 Å². The van der Waals surface area contributed by atoms with Crippen LogP contribution in [-0.2, 0) is 9.47 Å². The Balaban J connectivity index is 1.36. The van der Waals surface area contributed by atoms with Gasteiger partial charge in [-0.15, -0.1) is 10.2 Å². The van der Waals surface area contributed by atoms with E-state index in [-0.39, 0.29) is 17.7 Å². The van der Waals surface area contributed by atoms with Crippen molar-refractivity contribution in [1.82, 2.24) is 24.9 Å². The van der Waals surface area contributed by atoms with Gasteiger partial charge < -0.3 is 39.5 Å². The van der Waals surface area contributed by atoms with Crippen LogP contribution in [0.15, 0.2) is 24.3 Å². The van der Waals surface area contributed by atoms with E-state index in [4.69, 9.17) is 9.47 Å². The molecule has 1 aromatic carbocycles. The van der Waals surface area contributed by atoms with Crippen LogP contribution < -0.4 is 10.2 Å². The maximum atomic E-state index is 14.1. The Morgan fingerprint density at radius 3 is 2.52 bits per heavy atom. The molecule has 42 heavy (non-hydrogen) atoms.